The Bertz CT molecular complexity index is 694. The summed E-state index contributed by atoms with van der Waals surface area (Å²) < 4.78 is 37.5. The maximum atomic E-state index is 11.9. The Morgan fingerprint density at radius 2 is 2.11 bits per heavy atom. The fraction of sp³-hybridized carbons (Fsp3) is 0.667. The first-order chi connectivity index (χ1) is 13.2. The second kappa shape index (κ2) is 8.38. The van der Waals surface area contributed by atoms with Crippen LogP contribution in [-0.2, 0) is 20.9 Å². The van der Waals surface area contributed by atoms with E-state index in [0.717, 1.165) is 52.2 Å². The molecule has 1 aliphatic carbocycles. The molecule has 3 fully saturated rings. The van der Waals surface area contributed by atoms with Gasteiger partial charge in [-0.05, 0) is 24.3 Å². The highest BCUT2D eigenvalue weighted by Gasteiger charge is 2.50. The van der Waals surface area contributed by atoms with Gasteiger partial charge in [-0.2, -0.15) is 13.2 Å². The number of ether oxygens (including phenoxy) is 1. The number of carboxylic acid groups (broad SMARTS) is 1. The summed E-state index contributed by atoms with van der Waals surface area (Å²) in [6.45, 7) is 5.60. The molecular formula is C18H23F3N2O4S. The molecule has 10 heteroatoms. The van der Waals surface area contributed by atoms with E-state index in [1.165, 1.54) is 4.88 Å². The third-order valence-corrected chi connectivity index (χ3v) is 6.22. The van der Waals surface area contributed by atoms with Crippen molar-refractivity contribution in [1.82, 2.24) is 10.2 Å². The molecule has 1 aromatic heterocycles. The number of alkyl halides is 3. The van der Waals surface area contributed by atoms with Crippen LogP contribution in [0.1, 0.15) is 17.7 Å². The van der Waals surface area contributed by atoms with Crippen LogP contribution in [0.5, 0.6) is 0 Å². The van der Waals surface area contributed by atoms with Gasteiger partial charge in [-0.25, -0.2) is 4.79 Å². The lowest BCUT2D eigenvalue weighted by molar-refractivity contribution is -0.192. The zero-order valence-corrected chi connectivity index (χ0v) is 16.0. The van der Waals surface area contributed by atoms with Crippen LogP contribution < -0.4 is 5.32 Å². The molecule has 3 heterocycles. The van der Waals surface area contributed by atoms with Crippen molar-refractivity contribution < 1.29 is 32.6 Å². The molecule has 0 spiro atoms. The normalized spacial score (nSPS) is 27.0. The van der Waals surface area contributed by atoms with Gasteiger partial charge in [0.15, 0.2) is 0 Å². The number of nitrogens with zero attached hydrogens (tertiary/aromatic N) is 1. The van der Waals surface area contributed by atoms with Crippen LogP contribution in [0, 0.1) is 17.3 Å². The number of rotatable bonds is 5. The largest absolute Gasteiger partial charge is 0.490 e. The van der Waals surface area contributed by atoms with Crippen LogP contribution in [0.4, 0.5) is 13.2 Å². The summed E-state index contributed by atoms with van der Waals surface area (Å²) in [6.07, 6.45) is -2.94. The molecule has 1 amide bonds. The summed E-state index contributed by atoms with van der Waals surface area (Å²) in [5.41, 5.74) is 0.141. The summed E-state index contributed by atoms with van der Waals surface area (Å²) in [5.74, 6) is -1.64. The summed E-state index contributed by atoms with van der Waals surface area (Å²) in [4.78, 5) is 24.8. The fourth-order valence-corrected chi connectivity index (χ4v) is 4.44. The van der Waals surface area contributed by atoms with E-state index < -0.39 is 12.1 Å². The Hall–Kier alpha value is -1.65. The van der Waals surface area contributed by atoms with Crippen molar-refractivity contribution in [2.45, 2.75) is 25.6 Å². The van der Waals surface area contributed by atoms with Crippen molar-refractivity contribution >= 4 is 23.2 Å². The lowest BCUT2D eigenvalue weighted by Crippen LogP contribution is -2.43. The molecule has 0 bridgehead atoms. The number of carbonyl (C=O) groups excluding carboxylic acids is 1. The molecular weight excluding hydrogens is 397 g/mol. The van der Waals surface area contributed by atoms with Gasteiger partial charge < -0.3 is 15.2 Å². The van der Waals surface area contributed by atoms with E-state index in [4.69, 9.17) is 14.6 Å². The minimum atomic E-state index is -5.08. The average molecular weight is 420 g/mol. The molecule has 156 valence electrons. The maximum absolute atomic E-state index is 11.9. The third kappa shape index (κ3) is 5.24. The number of likely N-dealkylation sites (tertiary alicyclic amines) is 1. The third-order valence-electron chi connectivity index (χ3n) is 5.36. The lowest BCUT2D eigenvalue weighted by atomic mass is 9.81. The predicted molar refractivity (Wildman–Crippen MR) is 95.8 cm³/mol. The number of hydrogen-bond donors (Lipinski definition) is 2. The average Bonchev–Trinajstić information content (AvgIpc) is 3.05. The number of nitrogens with one attached hydrogen (secondary N) is 1. The Morgan fingerprint density at radius 3 is 2.68 bits per heavy atom. The Kier molecular flexibility index (Phi) is 6.31. The summed E-state index contributed by atoms with van der Waals surface area (Å²) in [7, 11) is 0. The van der Waals surface area contributed by atoms with Crippen LogP contribution in [0.25, 0.3) is 0 Å². The van der Waals surface area contributed by atoms with Gasteiger partial charge in [-0.1, -0.05) is 6.07 Å². The fourth-order valence-electron chi connectivity index (χ4n) is 3.69. The summed E-state index contributed by atoms with van der Waals surface area (Å²) in [6, 6.07) is 4.32. The second-order valence-corrected chi connectivity index (χ2v) is 8.65. The number of carbonyl (C=O) groups is 2. The van der Waals surface area contributed by atoms with E-state index in [1.54, 1.807) is 0 Å². The van der Waals surface area contributed by atoms with Gasteiger partial charge in [-0.3, -0.25) is 9.69 Å². The quantitative estimate of drug-likeness (QED) is 0.765. The number of carboxylic acids is 1. The monoisotopic (exact) mass is 420 g/mol. The number of thiophene rings is 1. The first-order valence-corrected chi connectivity index (χ1v) is 9.98. The molecule has 4 rings (SSSR count). The van der Waals surface area contributed by atoms with E-state index in [9.17, 15) is 18.0 Å². The number of fused-ring (bicyclic) bond motifs is 1. The van der Waals surface area contributed by atoms with E-state index in [1.807, 2.05) is 11.3 Å². The molecule has 0 aromatic carbocycles. The van der Waals surface area contributed by atoms with Crippen LogP contribution in [-0.4, -0.2) is 60.9 Å². The number of halogens is 3. The summed E-state index contributed by atoms with van der Waals surface area (Å²) >= 11 is 1.82. The molecule has 0 radical (unpaired) electrons. The van der Waals surface area contributed by atoms with Crippen molar-refractivity contribution in [3.8, 4) is 0 Å². The zero-order valence-electron chi connectivity index (χ0n) is 15.2. The smallest absolute Gasteiger partial charge is 0.475 e. The van der Waals surface area contributed by atoms with Gasteiger partial charge in [0, 0.05) is 48.3 Å². The number of aliphatic carboxylic acids is 1. The molecule has 2 aliphatic heterocycles. The van der Waals surface area contributed by atoms with Gasteiger partial charge in [0.25, 0.3) is 0 Å². The molecule has 2 atom stereocenters. The van der Waals surface area contributed by atoms with E-state index >= 15 is 0 Å². The van der Waals surface area contributed by atoms with Gasteiger partial charge in [0.1, 0.15) is 0 Å². The van der Waals surface area contributed by atoms with Gasteiger partial charge >= 0.3 is 12.1 Å². The van der Waals surface area contributed by atoms with Crippen LogP contribution in [0.15, 0.2) is 17.5 Å². The first kappa shape index (κ1) is 21.1. The van der Waals surface area contributed by atoms with Crippen molar-refractivity contribution in [1.29, 1.82) is 0 Å². The minimum absolute atomic E-state index is 0.141. The zero-order chi connectivity index (χ0) is 20.4. The van der Waals surface area contributed by atoms with Crippen molar-refractivity contribution in [2.75, 3.05) is 32.8 Å². The van der Waals surface area contributed by atoms with Crippen LogP contribution in [0.2, 0.25) is 0 Å². The van der Waals surface area contributed by atoms with Crippen LogP contribution >= 0.6 is 11.3 Å². The van der Waals surface area contributed by atoms with Crippen LogP contribution in [0.3, 0.4) is 0 Å². The Morgan fingerprint density at radius 1 is 1.39 bits per heavy atom. The molecule has 0 unspecified atom stereocenters. The lowest BCUT2D eigenvalue weighted by Gasteiger charge is -2.27. The molecule has 2 saturated heterocycles. The number of amides is 1. The maximum Gasteiger partial charge on any atom is 0.490 e. The molecule has 1 saturated carbocycles. The highest BCUT2D eigenvalue weighted by molar-refractivity contribution is 7.09. The highest BCUT2D eigenvalue weighted by atomic mass is 32.1. The highest BCUT2D eigenvalue weighted by Crippen LogP contribution is 2.41. The molecule has 3 aliphatic rings. The standard InChI is InChI=1S/C16H22N2O2S.C2HF3O2/c19-15(12-3-4-12)17-9-16-10-18(6-13(16)8-20-11-16)7-14-2-1-5-21-14;3-2(4,5)1(6)7/h1-2,5,12-13H,3-4,6-11H2,(H,17,19);(H,6,7)/t13-,16+;/m1./s1. The van der Waals surface area contributed by atoms with E-state index in [2.05, 4.69) is 27.7 Å². The van der Waals surface area contributed by atoms with Gasteiger partial charge in [0.05, 0.1) is 13.2 Å². The molecule has 6 nitrogen and oxygen atoms in total. The topological polar surface area (TPSA) is 78.9 Å². The van der Waals surface area contributed by atoms with Crippen molar-refractivity contribution in [2.24, 2.45) is 17.3 Å². The minimum Gasteiger partial charge on any atom is -0.475 e. The van der Waals surface area contributed by atoms with Crippen molar-refractivity contribution in [3.05, 3.63) is 22.4 Å². The Labute approximate surface area is 164 Å². The SMILES string of the molecule is O=C(NC[C@]12COC[C@H]1CN(Cc1cccs1)C2)C1CC1.O=C(O)C(F)(F)F. The van der Waals surface area contributed by atoms with Crippen molar-refractivity contribution in [3.63, 3.8) is 0 Å². The summed E-state index contributed by atoms with van der Waals surface area (Å²) in [5, 5.41) is 12.4. The molecule has 1 aromatic rings. The number of hydrogen-bond acceptors (Lipinski definition) is 5. The van der Waals surface area contributed by atoms with E-state index in [-0.39, 0.29) is 11.3 Å². The van der Waals surface area contributed by atoms with Gasteiger partial charge in [0.2, 0.25) is 5.91 Å². The molecule has 28 heavy (non-hydrogen) atoms. The van der Waals surface area contributed by atoms with Gasteiger partial charge in [-0.15, -0.1) is 11.3 Å². The first-order valence-electron chi connectivity index (χ1n) is 9.10. The molecule has 2 N–H and O–H groups in total. The Balaban J connectivity index is 0.000000279. The van der Waals surface area contributed by atoms with E-state index in [0.29, 0.717) is 11.8 Å². The second-order valence-electron chi connectivity index (χ2n) is 7.62. The predicted octanol–water partition coefficient (Wildman–Crippen LogP) is 2.36.